The zero-order valence-electron chi connectivity index (χ0n) is 15.9. The number of nitrogens with zero attached hydrogens (tertiary/aromatic N) is 1. The third-order valence-corrected chi connectivity index (χ3v) is 5.60. The number of carboxylic acid groups (broad SMARTS) is 1. The van der Waals surface area contributed by atoms with Crippen LogP contribution in [-0.2, 0) is 24.1 Å². The number of hydrogen-bond acceptors (Lipinski definition) is 5. The van der Waals surface area contributed by atoms with Gasteiger partial charge < -0.3 is 19.5 Å². The standard InChI is InChI=1S/C21H20FNO5S/c1-3-28-21(27)19-15-8-12(10-24)4-7-17(15)23(2)18(19)11-29-13-5-6-16(22)14(9-13)20(25)26/h4-9,24H,3,10-11H2,1-2H3,(H,25,26). The van der Waals surface area contributed by atoms with E-state index in [9.17, 15) is 19.1 Å². The van der Waals surface area contributed by atoms with E-state index in [0.717, 1.165) is 11.6 Å². The van der Waals surface area contributed by atoms with Gasteiger partial charge in [0.25, 0.3) is 0 Å². The first kappa shape index (κ1) is 20.9. The molecule has 3 aromatic rings. The summed E-state index contributed by atoms with van der Waals surface area (Å²) < 4.78 is 20.7. The van der Waals surface area contributed by atoms with E-state index >= 15 is 0 Å². The fraction of sp³-hybridized carbons (Fsp3) is 0.238. The highest BCUT2D eigenvalue weighted by Crippen LogP contribution is 2.32. The number of rotatable bonds is 7. The Balaban J connectivity index is 2.03. The average molecular weight is 417 g/mol. The lowest BCUT2D eigenvalue weighted by Crippen LogP contribution is -2.08. The summed E-state index contributed by atoms with van der Waals surface area (Å²) in [5.74, 6) is -2.25. The number of aromatic carboxylic acids is 1. The smallest absolute Gasteiger partial charge is 0.340 e. The highest BCUT2D eigenvalue weighted by molar-refractivity contribution is 7.98. The molecule has 6 nitrogen and oxygen atoms in total. The maximum Gasteiger partial charge on any atom is 0.340 e. The molecule has 3 rings (SSSR count). The van der Waals surface area contributed by atoms with E-state index in [2.05, 4.69) is 0 Å². The molecule has 152 valence electrons. The van der Waals surface area contributed by atoms with Gasteiger partial charge in [-0.05, 0) is 42.8 Å². The number of carbonyl (C=O) groups excluding carboxylic acids is 1. The highest BCUT2D eigenvalue weighted by Gasteiger charge is 2.23. The highest BCUT2D eigenvalue weighted by atomic mass is 32.2. The number of thioether (sulfide) groups is 1. The molecule has 2 aromatic carbocycles. The quantitative estimate of drug-likeness (QED) is 0.447. The molecule has 0 aliphatic rings. The molecular formula is C21H20FNO5S. The number of ether oxygens (including phenoxy) is 1. The zero-order valence-corrected chi connectivity index (χ0v) is 16.8. The number of aliphatic hydroxyl groups excluding tert-OH is 1. The van der Waals surface area contributed by atoms with Crippen LogP contribution in [0.15, 0.2) is 41.3 Å². The lowest BCUT2D eigenvalue weighted by Gasteiger charge is -2.08. The molecule has 1 heterocycles. The molecule has 0 saturated heterocycles. The Bertz CT molecular complexity index is 1090. The van der Waals surface area contributed by atoms with Crippen molar-refractivity contribution in [3.05, 3.63) is 64.6 Å². The first-order valence-corrected chi connectivity index (χ1v) is 9.89. The molecule has 29 heavy (non-hydrogen) atoms. The van der Waals surface area contributed by atoms with Gasteiger partial charge in [0.1, 0.15) is 5.82 Å². The van der Waals surface area contributed by atoms with Gasteiger partial charge in [-0.25, -0.2) is 14.0 Å². The number of esters is 1. The van der Waals surface area contributed by atoms with E-state index in [4.69, 9.17) is 9.84 Å². The molecule has 1 aromatic heterocycles. The lowest BCUT2D eigenvalue weighted by molar-refractivity contribution is 0.0527. The van der Waals surface area contributed by atoms with Crippen LogP contribution in [0.3, 0.4) is 0 Å². The molecule has 0 saturated carbocycles. The van der Waals surface area contributed by atoms with E-state index in [1.165, 1.54) is 23.9 Å². The summed E-state index contributed by atoms with van der Waals surface area (Å²) in [5, 5.41) is 19.2. The molecule has 0 spiro atoms. The van der Waals surface area contributed by atoms with Crippen molar-refractivity contribution in [1.82, 2.24) is 4.57 Å². The molecule has 0 unspecified atom stereocenters. The zero-order chi connectivity index (χ0) is 21.1. The average Bonchev–Trinajstić information content (AvgIpc) is 2.98. The van der Waals surface area contributed by atoms with Gasteiger partial charge in [-0.2, -0.15) is 0 Å². The van der Waals surface area contributed by atoms with Crippen LogP contribution >= 0.6 is 11.8 Å². The van der Waals surface area contributed by atoms with Crippen LogP contribution in [0.5, 0.6) is 0 Å². The van der Waals surface area contributed by atoms with Gasteiger partial charge in [0, 0.05) is 34.3 Å². The predicted octanol–water partition coefficient (Wildman–Crippen LogP) is 3.98. The number of aromatic nitrogens is 1. The van der Waals surface area contributed by atoms with Crippen LogP contribution < -0.4 is 0 Å². The topological polar surface area (TPSA) is 88.8 Å². The van der Waals surface area contributed by atoms with E-state index in [0.29, 0.717) is 32.9 Å². The van der Waals surface area contributed by atoms with Crippen LogP contribution in [0, 0.1) is 5.82 Å². The third kappa shape index (κ3) is 4.13. The Kier molecular flexibility index (Phi) is 6.24. The molecule has 0 amide bonds. The first-order chi connectivity index (χ1) is 13.9. The van der Waals surface area contributed by atoms with Crippen molar-refractivity contribution in [2.24, 2.45) is 7.05 Å². The molecule has 2 N–H and O–H groups in total. The number of halogens is 1. The summed E-state index contributed by atoms with van der Waals surface area (Å²) in [6, 6.07) is 9.27. The predicted molar refractivity (Wildman–Crippen MR) is 108 cm³/mol. The molecule has 0 aliphatic carbocycles. The normalized spacial score (nSPS) is 11.0. The molecule has 0 bridgehead atoms. The van der Waals surface area contributed by atoms with Crippen molar-refractivity contribution < 1.29 is 28.9 Å². The van der Waals surface area contributed by atoms with Crippen LogP contribution in [0.1, 0.15) is 38.9 Å². The van der Waals surface area contributed by atoms with Crippen molar-refractivity contribution in [2.75, 3.05) is 6.61 Å². The van der Waals surface area contributed by atoms with Crippen LogP contribution in [0.2, 0.25) is 0 Å². The number of benzene rings is 2. The molecular weight excluding hydrogens is 397 g/mol. The van der Waals surface area contributed by atoms with Crippen LogP contribution in [0.4, 0.5) is 4.39 Å². The summed E-state index contributed by atoms with van der Waals surface area (Å²) in [5.41, 5.74) is 2.20. The van der Waals surface area contributed by atoms with Crippen molar-refractivity contribution in [3.63, 3.8) is 0 Å². The van der Waals surface area contributed by atoms with Gasteiger partial charge in [0.05, 0.1) is 24.3 Å². The summed E-state index contributed by atoms with van der Waals surface area (Å²) in [6.45, 7) is 1.80. The van der Waals surface area contributed by atoms with E-state index in [-0.39, 0.29) is 13.2 Å². The summed E-state index contributed by atoms with van der Waals surface area (Å²) in [6.07, 6.45) is 0. The number of aryl methyl sites for hydroxylation is 1. The first-order valence-electron chi connectivity index (χ1n) is 8.91. The van der Waals surface area contributed by atoms with Crippen LogP contribution in [-0.4, -0.2) is 33.3 Å². The maximum atomic E-state index is 13.6. The van der Waals surface area contributed by atoms with Gasteiger partial charge in [0.15, 0.2) is 0 Å². The van der Waals surface area contributed by atoms with Gasteiger partial charge in [-0.15, -0.1) is 11.8 Å². The van der Waals surface area contributed by atoms with Gasteiger partial charge in [-0.1, -0.05) is 6.07 Å². The van der Waals surface area contributed by atoms with Gasteiger partial charge in [0.2, 0.25) is 0 Å². The summed E-state index contributed by atoms with van der Waals surface area (Å²) in [4.78, 5) is 24.4. The van der Waals surface area contributed by atoms with E-state index < -0.39 is 23.3 Å². The van der Waals surface area contributed by atoms with Crippen molar-refractivity contribution in [2.45, 2.75) is 24.2 Å². The van der Waals surface area contributed by atoms with E-state index in [1.54, 1.807) is 19.1 Å². The SMILES string of the molecule is CCOC(=O)c1c(CSc2ccc(F)c(C(=O)O)c2)n(C)c2ccc(CO)cc12. The molecule has 8 heteroatoms. The minimum Gasteiger partial charge on any atom is -0.478 e. The Morgan fingerprint density at radius 1 is 1.21 bits per heavy atom. The monoisotopic (exact) mass is 417 g/mol. The third-order valence-electron chi connectivity index (χ3n) is 4.59. The second-order valence-electron chi connectivity index (χ2n) is 6.35. The van der Waals surface area contributed by atoms with Gasteiger partial charge >= 0.3 is 11.9 Å². The Labute approximate surface area is 170 Å². The van der Waals surface area contributed by atoms with Gasteiger partial charge in [-0.3, -0.25) is 0 Å². The molecule has 0 atom stereocenters. The largest absolute Gasteiger partial charge is 0.478 e. The minimum absolute atomic E-state index is 0.148. The fourth-order valence-electron chi connectivity index (χ4n) is 3.15. The Hall–Kier alpha value is -2.84. The summed E-state index contributed by atoms with van der Waals surface area (Å²) >= 11 is 1.29. The second-order valence-corrected chi connectivity index (χ2v) is 7.40. The molecule has 0 fully saturated rings. The van der Waals surface area contributed by atoms with E-state index in [1.807, 2.05) is 17.7 Å². The fourth-order valence-corrected chi connectivity index (χ4v) is 4.16. The number of fused-ring (bicyclic) bond motifs is 1. The number of hydrogen-bond donors (Lipinski definition) is 2. The Morgan fingerprint density at radius 2 is 1.97 bits per heavy atom. The maximum absolute atomic E-state index is 13.6. The van der Waals surface area contributed by atoms with Crippen molar-refractivity contribution in [1.29, 1.82) is 0 Å². The van der Waals surface area contributed by atoms with Crippen molar-refractivity contribution >= 4 is 34.6 Å². The molecule has 0 aliphatic heterocycles. The lowest BCUT2D eigenvalue weighted by atomic mass is 10.1. The minimum atomic E-state index is -1.33. The van der Waals surface area contributed by atoms with Crippen LogP contribution in [0.25, 0.3) is 10.9 Å². The number of carboxylic acids is 1. The Morgan fingerprint density at radius 3 is 2.62 bits per heavy atom. The summed E-state index contributed by atoms with van der Waals surface area (Å²) in [7, 11) is 1.83. The molecule has 0 radical (unpaired) electrons. The second kappa shape index (κ2) is 8.67. The van der Waals surface area contributed by atoms with Crippen molar-refractivity contribution in [3.8, 4) is 0 Å². The number of aliphatic hydroxyl groups is 1. The number of carbonyl (C=O) groups is 2.